The van der Waals surface area contributed by atoms with Gasteiger partial charge in [0.1, 0.15) is 5.82 Å². The third-order valence-corrected chi connectivity index (χ3v) is 3.95. The Morgan fingerprint density at radius 3 is 2.61 bits per heavy atom. The van der Waals surface area contributed by atoms with Crippen molar-refractivity contribution < 1.29 is 4.39 Å². The molecule has 1 aromatic carbocycles. The summed E-state index contributed by atoms with van der Waals surface area (Å²) in [6, 6.07) is 7.75. The molecule has 1 nitrogen and oxygen atoms in total. The van der Waals surface area contributed by atoms with Gasteiger partial charge >= 0.3 is 0 Å². The molecule has 0 amide bonds. The van der Waals surface area contributed by atoms with Gasteiger partial charge in [-0.15, -0.1) is 0 Å². The first-order valence-electron chi connectivity index (χ1n) is 7.28. The Morgan fingerprint density at radius 1 is 1.17 bits per heavy atom. The molecule has 0 spiro atoms. The Hall–Kier alpha value is -0.890. The van der Waals surface area contributed by atoms with Crippen LogP contribution in [-0.4, -0.2) is 12.6 Å². The Bertz CT molecular complexity index is 347. The van der Waals surface area contributed by atoms with Crippen LogP contribution in [-0.2, 0) is 0 Å². The summed E-state index contributed by atoms with van der Waals surface area (Å²) >= 11 is 0. The van der Waals surface area contributed by atoms with E-state index >= 15 is 0 Å². The van der Waals surface area contributed by atoms with E-state index in [9.17, 15) is 4.39 Å². The summed E-state index contributed by atoms with van der Waals surface area (Å²) in [6.07, 6.45) is 7.54. The summed E-state index contributed by atoms with van der Waals surface area (Å²) in [5.74, 6) is 0.468. The zero-order valence-electron chi connectivity index (χ0n) is 11.3. The van der Waals surface area contributed by atoms with Gasteiger partial charge < -0.3 is 5.32 Å². The Morgan fingerprint density at radius 2 is 1.89 bits per heavy atom. The smallest absolute Gasteiger partial charge is 0.123 e. The maximum atomic E-state index is 13.0. The first kappa shape index (κ1) is 13.5. The lowest BCUT2D eigenvalue weighted by molar-refractivity contribution is 0.439. The van der Waals surface area contributed by atoms with Crippen LogP contribution in [0.15, 0.2) is 24.3 Å². The van der Waals surface area contributed by atoms with Crippen molar-refractivity contribution in [1.29, 1.82) is 0 Å². The fourth-order valence-electron chi connectivity index (χ4n) is 2.93. The zero-order chi connectivity index (χ0) is 12.8. The molecule has 0 heterocycles. The minimum Gasteiger partial charge on any atom is -0.314 e. The van der Waals surface area contributed by atoms with Gasteiger partial charge in [-0.1, -0.05) is 31.9 Å². The van der Waals surface area contributed by atoms with E-state index in [-0.39, 0.29) is 5.82 Å². The second-order valence-electron chi connectivity index (χ2n) is 5.42. The van der Waals surface area contributed by atoms with Crippen LogP contribution in [0.3, 0.4) is 0 Å². The van der Waals surface area contributed by atoms with E-state index in [1.165, 1.54) is 44.1 Å². The molecule has 2 rings (SSSR count). The summed E-state index contributed by atoms with van der Waals surface area (Å²) < 4.78 is 13.0. The molecule has 1 aromatic rings. The first-order chi connectivity index (χ1) is 8.79. The Labute approximate surface area is 110 Å². The standard InChI is InChI=1S/C16H24FN/c1-2-11-18-16-6-4-3-5-14(12-16)13-7-9-15(17)10-8-13/h7-10,14,16,18H,2-6,11-12H2,1H3. The monoisotopic (exact) mass is 249 g/mol. The lowest BCUT2D eigenvalue weighted by Crippen LogP contribution is -2.30. The van der Waals surface area contributed by atoms with Crippen molar-refractivity contribution in [3.05, 3.63) is 35.6 Å². The van der Waals surface area contributed by atoms with Crippen LogP contribution < -0.4 is 5.32 Å². The Kier molecular flexibility index (Phi) is 5.18. The van der Waals surface area contributed by atoms with E-state index in [0.29, 0.717) is 12.0 Å². The third-order valence-electron chi connectivity index (χ3n) is 3.95. The Balaban J connectivity index is 2.00. The van der Waals surface area contributed by atoms with Crippen molar-refractivity contribution in [1.82, 2.24) is 5.32 Å². The van der Waals surface area contributed by atoms with E-state index in [2.05, 4.69) is 12.2 Å². The van der Waals surface area contributed by atoms with Crippen LogP contribution in [0.1, 0.15) is 56.9 Å². The van der Waals surface area contributed by atoms with Gasteiger partial charge in [0.05, 0.1) is 0 Å². The van der Waals surface area contributed by atoms with Crippen LogP contribution in [0, 0.1) is 5.82 Å². The number of halogens is 1. The highest BCUT2D eigenvalue weighted by atomic mass is 19.1. The summed E-state index contributed by atoms with van der Waals surface area (Å²) in [4.78, 5) is 0. The van der Waals surface area contributed by atoms with Crippen molar-refractivity contribution in [2.24, 2.45) is 0 Å². The van der Waals surface area contributed by atoms with Crippen LogP contribution in [0.2, 0.25) is 0 Å². The molecule has 0 saturated heterocycles. The minimum absolute atomic E-state index is 0.131. The van der Waals surface area contributed by atoms with Crippen molar-refractivity contribution in [3.8, 4) is 0 Å². The number of hydrogen-bond acceptors (Lipinski definition) is 1. The summed E-state index contributed by atoms with van der Waals surface area (Å²) in [5, 5.41) is 3.65. The molecule has 0 aliphatic heterocycles. The molecule has 1 fully saturated rings. The first-order valence-corrected chi connectivity index (χ1v) is 7.28. The van der Waals surface area contributed by atoms with E-state index in [4.69, 9.17) is 0 Å². The largest absolute Gasteiger partial charge is 0.314 e. The molecular formula is C16H24FN. The molecule has 1 saturated carbocycles. The average molecular weight is 249 g/mol. The van der Waals surface area contributed by atoms with E-state index in [1.54, 1.807) is 12.1 Å². The minimum atomic E-state index is -0.131. The van der Waals surface area contributed by atoms with Gasteiger partial charge in [0.25, 0.3) is 0 Å². The summed E-state index contributed by atoms with van der Waals surface area (Å²) in [6.45, 7) is 3.32. The van der Waals surface area contributed by atoms with Gasteiger partial charge in [-0.25, -0.2) is 4.39 Å². The topological polar surface area (TPSA) is 12.0 Å². The van der Waals surface area contributed by atoms with Crippen molar-refractivity contribution in [3.63, 3.8) is 0 Å². The SMILES string of the molecule is CCCNC1CCCCC(c2ccc(F)cc2)C1. The van der Waals surface area contributed by atoms with Crippen LogP contribution in [0.25, 0.3) is 0 Å². The van der Waals surface area contributed by atoms with Crippen molar-refractivity contribution in [2.45, 2.75) is 57.4 Å². The molecule has 1 aliphatic carbocycles. The lowest BCUT2D eigenvalue weighted by Gasteiger charge is -2.21. The third kappa shape index (κ3) is 3.81. The number of nitrogens with one attached hydrogen (secondary N) is 1. The quantitative estimate of drug-likeness (QED) is 0.787. The molecule has 2 unspecified atom stereocenters. The van der Waals surface area contributed by atoms with E-state index in [0.717, 1.165) is 6.54 Å². The van der Waals surface area contributed by atoms with Gasteiger partial charge in [-0.2, -0.15) is 0 Å². The number of hydrogen-bond donors (Lipinski definition) is 1. The molecule has 100 valence electrons. The van der Waals surface area contributed by atoms with Gasteiger partial charge in [0, 0.05) is 6.04 Å². The molecule has 0 bridgehead atoms. The normalized spacial score (nSPS) is 24.8. The second-order valence-corrected chi connectivity index (χ2v) is 5.42. The molecule has 1 N–H and O–H groups in total. The summed E-state index contributed by atoms with van der Waals surface area (Å²) in [7, 11) is 0. The lowest BCUT2D eigenvalue weighted by atomic mass is 9.90. The van der Waals surface area contributed by atoms with Gasteiger partial charge in [0.15, 0.2) is 0 Å². The number of benzene rings is 1. The average Bonchev–Trinajstić information content (AvgIpc) is 2.63. The molecule has 2 atom stereocenters. The van der Waals surface area contributed by atoms with Crippen molar-refractivity contribution in [2.75, 3.05) is 6.54 Å². The van der Waals surface area contributed by atoms with Crippen LogP contribution in [0.4, 0.5) is 4.39 Å². The van der Waals surface area contributed by atoms with E-state index < -0.39 is 0 Å². The zero-order valence-corrected chi connectivity index (χ0v) is 11.3. The predicted molar refractivity (Wildman–Crippen MR) is 74.3 cm³/mol. The van der Waals surface area contributed by atoms with Crippen LogP contribution >= 0.6 is 0 Å². The highest BCUT2D eigenvalue weighted by Gasteiger charge is 2.20. The number of rotatable bonds is 4. The van der Waals surface area contributed by atoms with Gasteiger partial charge in [0.2, 0.25) is 0 Å². The highest BCUT2D eigenvalue weighted by Crippen LogP contribution is 2.31. The molecule has 2 heteroatoms. The van der Waals surface area contributed by atoms with Gasteiger partial charge in [-0.3, -0.25) is 0 Å². The van der Waals surface area contributed by atoms with Crippen LogP contribution in [0.5, 0.6) is 0 Å². The predicted octanol–water partition coefficient (Wildman–Crippen LogP) is 4.24. The fourth-order valence-corrected chi connectivity index (χ4v) is 2.93. The van der Waals surface area contributed by atoms with Crippen molar-refractivity contribution >= 4 is 0 Å². The fraction of sp³-hybridized carbons (Fsp3) is 0.625. The molecule has 1 aliphatic rings. The molecule has 0 radical (unpaired) electrons. The van der Waals surface area contributed by atoms with Gasteiger partial charge in [-0.05, 0) is 55.8 Å². The maximum absolute atomic E-state index is 13.0. The second kappa shape index (κ2) is 6.89. The molecular weight excluding hydrogens is 225 g/mol. The molecule has 18 heavy (non-hydrogen) atoms. The maximum Gasteiger partial charge on any atom is 0.123 e. The summed E-state index contributed by atoms with van der Waals surface area (Å²) in [5.41, 5.74) is 1.31. The van der Waals surface area contributed by atoms with E-state index in [1.807, 2.05) is 12.1 Å². The molecule has 0 aromatic heterocycles. The highest BCUT2D eigenvalue weighted by molar-refractivity contribution is 5.21.